The summed E-state index contributed by atoms with van der Waals surface area (Å²) in [5.41, 5.74) is 2.51. The van der Waals surface area contributed by atoms with Crippen LogP contribution in [0, 0.1) is 0 Å². The maximum atomic E-state index is 10.4. The first-order valence-corrected chi connectivity index (χ1v) is 23.4. The predicted molar refractivity (Wildman–Crippen MR) is 238 cm³/mol. The summed E-state index contributed by atoms with van der Waals surface area (Å²) in [5.74, 6) is -2.71. The van der Waals surface area contributed by atoms with Gasteiger partial charge < -0.3 is 39.5 Å². The molecule has 0 saturated carbocycles. The van der Waals surface area contributed by atoms with Crippen LogP contribution in [0.3, 0.4) is 0 Å². The average molecular weight is 949 g/mol. The minimum Gasteiger partial charge on any atom is -0.547 e. The number of benzene rings is 2. The molecule has 0 heterocycles. The third-order valence-corrected chi connectivity index (χ3v) is 10.9. The van der Waals surface area contributed by atoms with E-state index in [1.165, 1.54) is 127 Å². The molecule has 59 heavy (non-hydrogen) atoms. The van der Waals surface area contributed by atoms with E-state index in [0.29, 0.717) is 25.0 Å². The first-order valence-electron chi connectivity index (χ1n) is 23.4. The zero-order valence-corrected chi connectivity index (χ0v) is 41.8. The molecular weight excluding hydrogens is 866 g/mol. The quantitative estimate of drug-likeness (QED) is 0.0501. The first kappa shape index (κ1) is 57.8. The molecule has 4 atom stereocenters. The van der Waals surface area contributed by atoms with Crippen LogP contribution in [0.1, 0.15) is 205 Å². The number of carboxylic acid groups (broad SMARTS) is 2. The molecule has 0 aromatic heterocycles. The van der Waals surface area contributed by atoms with Crippen LogP contribution in [-0.2, 0) is 32.3 Å². The van der Waals surface area contributed by atoms with Crippen LogP contribution in [0.4, 0.5) is 0 Å². The molecule has 0 fully saturated rings. The van der Waals surface area contributed by atoms with Crippen molar-refractivity contribution >= 4 is 60.8 Å². The van der Waals surface area contributed by atoms with Gasteiger partial charge in [-0.3, -0.25) is 0 Å². The van der Waals surface area contributed by atoms with E-state index in [2.05, 4.69) is 62.4 Å². The molecule has 8 nitrogen and oxygen atoms in total. The second-order valence-corrected chi connectivity index (χ2v) is 16.3. The molecule has 2 aromatic rings. The number of hydrogen-bond acceptors (Lipinski definition) is 8. The molecule has 2 aromatic carbocycles. The number of rotatable bonds is 38. The van der Waals surface area contributed by atoms with Crippen LogP contribution in [-0.4, -0.2) is 95.4 Å². The molecule has 2 N–H and O–H groups in total. The number of carbonyl (C=O) groups excluding carboxylic acids is 2. The Labute approximate surface area is 400 Å². The number of ether oxygens (including phenoxy) is 2. The van der Waals surface area contributed by atoms with Crippen molar-refractivity contribution in [2.45, 2.75) is 231 Å². The summed E-state index contributed by atoms with van der Waals surface area (Å²) in [6.45, 7) is 5.89. The van der Waals surface area contributed by atoms with Gasteiger partial charge >= 0.3 is 48.9 Å². The maximum absolute atomic E-state index is 10.4. The van der Waals surface area contributed by atoms with E-state index in [0.717, 1.165) is 64.6 Å². The van der Waals surface area contributed by atoms with E-state index >= 15 is 0 Å². The van der Waals surface area contributed by atoms with Crippen molar-refractivity contribution in [3.8, 4) is 0 Å². The molecule has 2 rings (SSSR count). The van der Waals surface area contributed by atoms with Crippen LogP contribution in [0.15, 0.2) is 60.7 Å². The van der Waals surface area contributed by atoms with Crippen LogP contribution >= 0.6 is 0 Å². The molecule has 0 aliphatic rings. The third-order valence-electron chi connectivity index (χ3n) is 10.9. The fourth-order valence-corrected chi connectivity index (χ4v) is 7.33. The topological polar surface area (TPSA) is 139 Å². The molecule has 0 saturated heterocycles. The summed E-state index contributed by atoms with van der Waals surface area (Å²) < 4.78 is 12.3. The van der Waals surface area contributed by atoms with Gasteiger partial charge in [-0.25, -0.2) is 0 Å². The normalized spacial score (nSPS) is 13.1. The van der Waals surface area contributed by atoms with Crippen molar-refractivity contribution in [3.05, 3.63) is 71.8 Å². The SMILES string of the molecule is CCCC(CCCCCCCCCCCCC(O)C(=O)[O-])OCc1ccccc1.CCCC(CCCCCCCCCCCCC(O)C(=O)[O-])OCc1ccccc1.[Ba+2]. The summed E-state index contributed by atoms with van der Waals surface area (Å²) in [4.78, 5) is 20.8. The molecule has 0 spiro atoms. The fourth-order valence-electron chi connectivity index (χ4n) is 7.33. The molecule has 4 unspecified atom stereocenters. The minimum atomic E-state index is -1.35. The standard InChI is InChI=1S/2C25H42O4.Ba/c2*1-2-16-23(29-21-22-17-12-11-13-18-22)19-14-9-7-5-3-4-6-8-10-15-20-24(26)25(27)28;/h2*11-13,17-18,23-24,26H,2-10,14-16,19-21H2,1H3,(H,27,28);/q;;+2/p-2. The number of unbranched alkanes of at least 4 members (excludes halogenated alkanes) is 18. The Morgan fingerprint density at radius 2 is 0.695 bits per heavy atom. The zero-order valence-electron chi connectivity index (χ0n) is 37.3. The molecule has 9 heteroatoms. The van der Waals surface area contributed by atoms with Gasteiger partial charge in [-0.05, 0) is 49.7 Å². The molecule has 0 bridgehead atoms. The Balaban J connectivity index is 0.00000112. The molecular formula is C50H82BaO8. The zero-order chi connectivity index (χ0) is 42.3. The fraction of sp³-hybridized carbons (Fsp3) is 0.720. The van der Waals surface area contributed by atoms with Gasteiger partial charge in [0.15, 0.2) is 0 Å². The van der Waals surface area contributed by atoms with Crippen LogP contribution < -0.4 is 10.2 Å². The van der Waals surface area contributed by atoms with E-state index < -0.39 is 24.1 Å². The Morgan fingerprint density at radius 1 is 0.441 bits per heavy atom. The molecule has 0 aliphatic heterocycles. The Kier molecular flexibility index (Phi) is 41.2. The van der Waals surface area contributed by atoms with E-state index in [4.69, 9.17) is 19.7 Å². The van der Waals surface area contributed by atoms with Crippen molar-refractivity contribution in [1.82, 2.24) is 0 Å². The second-order valence-electron chi connectivity index (χ2n) is 16.3. The summed E-state index contributed by atoms with van der Waals surface area (Å²) >= 11 is 0. The smallest absolute Gasteiger partial charge is 0.547 e. The summed E-state index contributed by atoms with van der Waals surface area (Å²) in [5, 5.41) is 39.1. The number of aliphatic hydroxyl groups is 2. The molecule has 332 valence electrons. The Morgan fingerprint density at radius 3 is 0.949 bits per heavy atom. The third kappa shape index (κ3) is 36.0. The Hall–Kier alpha value is -1.21. The number of carbonyl (C=O) groups is 2. The largest absolute Gasteiger partial charge is 2.00 e. The van der Waals surface area contributed by atoms with Gasteiger partial charge in [0.1, 0.15) is 0 Å². The molecule has 0 radical (unpaired) electrons. The number of hydrogen-bond donors (Lipinski definition) is 2. The Bertz CT molecular complexity index is 1110. The molecule has 0 amide bonds. The van der Waals surface area contributed by atoms with Crippen molar-refractivity contribution in [2.75, 3.05) is 0 Å². The maximum Gasteiger partial charge on any atom is 2.00 e. The molecule has 0 aliphatic carbocycles. The average Bonchev–Trinajstić information content (AvgIpc) is 3.23. The van der Waals surface area contributed by atoms with Crippen molar-refractivity contribution < 1.29 is 39.5 Å². The number of aliphatic carboxylic acids is 2. The summed E-state index contributed by atoms with van der Waals surface area (Å²) in [6.07, 6.45) is 29.3. The van der Waals surface area contributed by atoms with Crippen molar-refractivity contribution in [1.29, 1.82) is 0 Å². The van der Waals surface area contributed by atoms with Gasteiger partial charge in [0.05, 0.1) is 49.6 Å². The van der Waals surface area contributed by atoms with Gasteiger partial charge in [-0.1, -0.05) is 216 Å². The van der Waals surface area contributed by atoms with Gasteiger partial charge in [0.2, 0.25) is 0 Å². The first-order chi connectivity index (χ1) is 28.3. The summed E-state index contributed by atoms with van der Waals surface area (Å²) in [7, 11) is 0. The van der Waals surface area contributed by atoms with Gasteiger partial charge in [0.25, 0.3) is 0 Å². The number of aliphatic hydroxyl groups excluding tert-OH is 2. The number of carboxylic acids is 2. The van der Waals surface area contributed by atoms with Crippen LogP contribution in [0.25, 0.3) is 0 Å². The monoisotopic (exact) mass is 949 g/mol. The van der Waals surface area contributed by atoms with Crippen LogP contribution in [0.5, 0.6) is 0 Å². The van der Waals surface area contributed by atoms with Gasteiger partial charge in [-0.15, -0.1) is 0 Å². The van der Waals surface area contributed by atoms with Crippen molar-refractivity contribution in [3.63, 3.8) is 0 Å². The summed E-state index contributed by atoms with van der Waals surface area (Å²) in [6, 6.07) is 20.8. The van der Waals surface area contributed by atoms with E-state index in [1.807, 2.05) is 12.1 Å². The minimum absolute atomic E-state index is 0. The van der Waals surface area contributed by atoms with Gasteiger partial charge in [-0.2, -0.15) is 0 Å². The van der Waals surface area contributed by atoms with E-state index in [1.54, 1.807) is 0 Å². The second kappa shape index (κ2) is 42.1. The van der Waals surface area contributed by atoms with Crippen LogP contribution in [0.2, 0.25) is 0 Å². The van der Waals surface area contributed by atoms with Gasteiger partial charge in [0, 0.05) is 0 Å². The van der Waals surface area contributed by atoms with E-state index in [9.17, 15) is 19.8 Å². The predicted octanol–water partition coefficient (Wildman–Crippen LogP) is 9.95. The van der Waals surface area contributed by atoms with Crippen molar-refractivity contribution in [2.24, 2.45) is 0 Å². The van der Waals surface area contributed by atoms with E-state index in [-0.39, 0.29) is 48.9 Å².